The van der Waals surface area contributed by atoms with E-state index in [-0.39, 0.29) is 29.7 Å². The van der Waals surface area contributed by atoms with Gasteiger partial charge < -0.3 is 19.1 Å². The largest absolute Gasteiger partial charge is 0.465 e. The van der Waals surface area contributed by atoms with Gasteiger partial charge in [-0.25, -0.2) is 0 Å². The summed E-state index contributed by atoms with van der Waals surface area (Å²) < 4.78 is 16.8. The molecule has 2 unspecified atom stereocenters. The smallest absolute Gasteiger partial charge is 0.308 e. The molecular formula is C45H88N2O6. The van der Waals surface area contributed by atoms with Crippen molar-refractivity contribution in [2.75, 3.05) is 60.1 Å². The van der Waals surface area contributed by atoms with Crippen LogP contribution in [0.25, 0.3) is 0 Å². The number of ether oxygens (including phenoxy) is 3. The Morgan fingerprint density at radius 3 is 1.45 bits per heavy atom. The van der Waals surface area contributed by atoms with Crippen LogP contribution in [0.1, 0.15) is 201 Å². The van der Waals surface area contributed by atoms with Gasteiger partial charge in [0.1, 0.15) is 6.61 Å². The molecule has 0 N–H and O–H groups in total. The number of carbonyl (C=O) groups is 3. The maximum atomic E-state index is 12.8. The van der Waals surface area contributed by atoms with E-state index in [0.29, 0.717) is 26.2 Å². The highest BCUT2D eigenvalue weighted by Crippen LogP contribution is 2.20. The SMILES string of the molecule is CCCCCCC(CCCCC)C(=O)OCCCCCCCCN(CCCCCCCCOC(=O)C(C)CCCCC)CCOC(=O)CCCN(C)C. The average Bonchev–Trinajstić information content (AvgIpc) is 3.13. The Labute approximate surface area is 328 Å². The molecule has 0 spiro atoms. The second-order valence-corrected chi connectivity index (χ2v) is 16.0. The first-order valence-electron chi connectivity index (χ1n) is 22.6. The van der Waals surface area contributed by atoms with Gasteiger partial charge in [-0.1, -0.05) is 143 Å². The van der Waals surface area contributed by atoms with E-state index in [2.05, 4.69) is 30.6 Å². The number of hydrogen-bond donors (Lipinski definition) is 0. The molecule has 0 fully saturated rings. The summed E-state index contributed by atoms with van der Waals surface area (Å²) in [6.45, 7) is 14.0. The molecule has 0 amide bonds. The standard InChI is InChI=1S/C45H88N2O6/c1-7-10-13-24-32-42(31-23-12-9-3)45(50)53-39-28-21-17-15-19-26-36-47(37-40-51-43(48)33-29-34-46(5)6)35-25-18-14-16-20-27-38-52-44(49)41(4)30-22-11-8-2/h41-42H,7-40H2,1-6H3. The Hall–Kier alpha value is -1.67. The molecule has 53 heavy (non-hydrogen) atoms. The summed E-state index contributed by atoms with van der Waals surface area (Å²) in [6, 6.07) is 0. The zero-order valence-corrected chi connectivity index (χ0v) is 36.0. The third-order valence-electron chi connectivity index (χ3n) is 10.4. The first-order chi connectivity index (χ1) is 25.7. The first-order valence-corrected chi connectivity index (χ1v) is 22.6. The molecule has 0 heterocycles. The van der Waals surface area contributed by atoms with Crippen molar-refractivity contribution in [2.45, 2.75) is 201 Å². The van der Waals surface area contributed by atoms with Gasteiger partial charge in [-0.2, -0.15) is 0 Å². The third-order valence-corrected chi connectivity index (χ3v) is 10.4. The minimum atomic E-state index is -0.0897. The van der Waals surface area contributed by atoms with Crippen molar-refractivity contribution in [3.8, 4) is 0 Å². The van der Waals surface area contributed by atoms with E-state index in [0.717, 1.165) is 110 Å². The maximum absolute atomic E-state index is 12.8. The number of rotatable bonds is 40. The fourth-order valence-electron chi connectivity index (χ4n) is 6.79. The lowest BCUT2D eigenvalue weighted by Crippen LogP contribution is -2.30. The van der Waals surface area contributed by atoms with Crippen LogP contribution in [0.15, 0.2) is 0 Å². The molecule has 0 aromatic carbocycles. The van der Waals surface area contributed by atoms with Crippen LogP contribution in [0.2, 0.25) is 0 Å². The summed E-state index contributed by atoms with van der Waals surface area (Å²) in [4.78, 5) is 41.7. The van der Waals surface area contributed by atoms with Crippen LogP contribution >= 0.6 is 0 Å². The molecule has 0 aliphatic carbocycles. The molecule has 0 aliphatic rings. The summed E-state index contributed by atoms with van der Waals surface area (Å²) >= 11 is 0. The van der Waals surface area contributed by atoms with Gasteiger partial charge in [0.2, 0.25) is 0 Å². The highest BCUT2D eigenvalue weighted by molar-refractivity contribution is 5.72. The molecule has 314 valence electrons. The number of esters is 3. The number of hydrogen-bond acceptors (Lipinski definition) is 8. The van der Waals surface area contributed by atoms with Crippen molar-refractivity contribution in [1.29, 1.82) is 0 Å². The minimum Gasteiger partial charge on any atom is -0.465 e. The third kappa shape index (κ3) is 34.6. The van der Waals surface area contributed by atoms with Crippen molar-refractivity contribution in [2.24, 2.45) is 11.8 Å². The Morgan fingerprint density at radius 1 is 0.453 bits per heavy atom. The molecule has 0 radical (unpaired) electrons. The summed E-state index contributed by atoms with van der Waals surface area (Å²) in [6.07, 6.45) is 29.6. The monoisotopic (exact) mass is 753 g/mol. The van der Waals surface area contributed by atoms with E-state index in [1.807, 2.05) is 21.0 Å². The molecular weight excluding hydrogens is 665 g/mol. The fraction of sp³-hybridized carbons (Fsp3) is 0.933. The fourth-order valence-corrected chi connectivity index (χ4v) is 6.79. The number of nitrogens with zero attached hydrogens (tertiary/aromatic N) is 2. The van der Waals surface area contributed by atoms with E-state index in [9.17, 15) is 14.4 Å². The van der Waals surface area contributed by atoms with Gasteiger partial charge in [0.15, 0.2) is 0 Å². The molecule has 0 aliphatic heterocycles. The van der Waals surface area contributed by atoms with Crippen LogP contribution in [0.3, 0.4) is 0 Å². The average molecular weight is 753 g/mol. The summed E-state index contributed by atoms with van der Waals surface area (Å²) in [5.41, 5.74) is 0. The van der Waals surface area contributed by atoms with Crippen molar-refractivity contribution >= 4 is 17.9 Å². The molecule has 0 rings (SSSR count). The van der Waals surface area contributed by atoms with E-state index in [1.54, 1.807) is 0 Å². The van der Waals surface area contributed by atoms with Gasteiger partial charge in [0.05, 0.1) is 25.0 Å². The van der Waals surface area contributed by atoms with Crippen molar-refractivity contribution < 1.29 is 28.6 Å². The maximum Gasteiger partial charge on any atom is 0.308 e. The lowest BCUT2D eigenvalue weighted by atomic mass is 9.95. The lowest BCUT2D eigenvalue weighted by molar-refractivity contribution is -0.149. The van der Waals surface area contributed by atoms with Crippen LogP contribution in [-0.2, 0) is 28.6 Å². The summed E-state index contributed by atoms with van der Waals surface area (Å²) in [5.74, 6) is 0.0189. The predicted molar refractivity (Wildman–Crippen MR) is 222 cm³/mol. The van der Waals surface area contributed by atoms with E-state index >= 15 is 0 Å². The van der Waals surface area contributed by atoms with E-state index < -0.39 is 0 Å². The van der Waals surface area contributed by atoms with Gasteiger partial charge in [-0.15, -0.1) is 0 Å². The van der Waals surface area contributed by atoms with Crippen LogP contribution in [0.4, 0.5) is 0 Å². The highest BCUT2D eigenvalue weighted by atomic mass is 16.5. The summed E-state index contributed by atoms with van der Waals surface area (Å²) in [5, 5.41) is 0. The lowest BCUT2D eigenvalue weighted by Gasteiger charge is -2.22. The molecule has 0 saturated heterocycles. The molecule has 0 aromatic heterocycles. The zero-order chi connectivity index (χ0) is 39.2. The van der Waals surface area contributed by atoms with Gasteiger partial charge in [0, 0.05) is 13.0 Å². The zero-order valence-electron chi connectivity index (χ0n) is 36.0. The quantitative estimate of drug-likeness (QED) is 0.0347. The Kier molecular flexibility index (Phi) is 37.4. The minimum absolute atomic E-state index is 0.0157. The summed E-state index contributed by atoms with van der Waals surface area (Å²) in [7, 11) is 4.05. The van der Waals surface area contributed by atoms with Crippen molar-refractivity contribution in [3.63, 3.8) is 0 Å². The molecule has 2 atom stereocenters. The van der Waals surface area contributed by atoms with Gasteiger partial charge in [-0.3, -0.25) is 19.3 Å². The normalized spacial score (nSPS) is 12.7. The van der Waals surface area contributed by atoms with Crippen LogP contribution in [0.5, 0.6) is 0 Å². The van der Waals surface area contributed by atoms with Crippen molar-refractivity contribution in [3.05, 3.63) is 0 Å². The van der Waals surface area contributed by atoms with Crippen LogP contribution in [-0.4, -0.2) is 87.8 Å². The number of carbonyl (C=O) groups excluding carboxylic acids is 3. The van der Waals surface area contributed by atoms with E-state index in [4.69, 9.17) is 14.2 Å². The Morgan fingerprint density at radius 2 is 0.906 bits per heavy atom. The molecule has 8 nitrogen and oxygen atoms in total. The second-order valence-electron chi connectivity index (χ2n) is 16.0. The molecule has 0 aromatic rings. The molecule has 0 saturated carbocycles. The Bertz CT molecular complexity index is 838. The second kappa shape index (κ2) is 38.6. The topological polar surface area (TPSA) is 85.4 Å². The predicted octanol–water partition coefficient (Wildman–Crippen LogP) is 11.3. The Balaban J connectivity index is 4.33. The number of unbranched alkanes of at least 4 members (excludes halogenated alkanes) is 17. The van der Waals surface area contributed by atoms with Crippen molar-refractivity contribution in [1.82, 2.24) is 9.80 Å². The van der Waals surface area contributed by atoms with Gasteiger partial charge >= 0.3 is 17.9 Å². The van der Waals surface area contributed by atoms with Gasteiger partial charge in [-0.05, 0) is 85.1 Å². The first kappa shape index (κ1) is 51.3. The van der Waals surface area contributed by atoms with E-state index in [1.165, 1.54) is 83.5 Å². The van der Waals surface area contributed by atoms with Crippen LogP contribution in [0, 0.1) is 11.8 Å². The highest BCUT2D eigenvalue weighted by Gasteiger charge is 2.19. The van der Waals surface area contributed by atoms with Gasteiger partial charge in [0.25, 0.3) is 0 Å². The van der Waals surface area contributed by atoms with Crippen LogP contribution < -0.4 is 0 Å². The molecule has 0 bridgehead atoms. The molecule has 8 heteroatoms.